The lowest BCUT2D eigenvalue weighted by atomic mass is 9.74. The lowest BCUT2D eigenvalue weighted by molar-refractivity contribution is -0.0157. The first-order chi connectivity index (χ1) is 8.09. The molecule has 17 heavy (non-hydrogen) atoms. The van der Waals surface area contributed by atoms with E-state index < -0.39 is 5.60 Å². The van der Waals surface area contributed by atoms with Crippen molar-refractivity contribution in [3.8, 4) is 0 Å². The highest BCUT2D eigenvalue weighted by Gasteiger charge is 2.34. The van der Waals surface area contributed by atoms with Gasteiger partial charge >= 0.3 is 0 Å². The van der Waals surface area contributed by atoms with Crippen molar-refractivity contribution in [1.82, 2.24) is 5.32 Å². The minimum atomic E-state index is -0.409. The fourth-order valence-corrected chi connectivity index (χ4v) is 3.49. The maximum absolute atomic E-state index is 10.6. The van der Waals surface area contributed by atoms with Crippen LogP contribution in [0.1, 0.15) is 65.2 Å². The van der Waals surface area contributed by atoms with Crippen molar-refractivity contribution in [2.75, 3.05) is 6.54 Å². The van der Waals surface area contributed by atoms with Gasteiger partial charge in [0.1, 0.15) is 0 Å². The van der Waals surface area contributed by atoms with Crippen LogP contribution in [0.25, 0.3) is 0 Å². The van der Waals surface area contributed by atoms with E-state index in [1.807, 2.05) is 0 Å². The molecule has 0 amide bonds. The van der Waals surface area contributed by atoms with Crippen LogP contribution in [-0.2, 0) is 0 Å². The Morgan fingerprint density at radius 1 is 1.12 bits per heavy atom. The summed E-state index contributed by atoms with van der Waals surface area (Å²) in [6.07, 6.45) is 9.76. The topological polar surface area (TPSA) is 32.3 Å². The summed E-state index contributed by atoms with van der Waals surface area (Å²) in [5.41, 5.74) is -0.409. The highest BCUT2D eigenvalue weighted by atomic mass is 16.3. The Morgan fingerprint density at radius 3 is 2.24 bits per heavy atom. The van der Waals surface area contributed by atoms with Crippen LogP contribution in [0.5, 0.6) is 0 Å². The van der Waals surface area contributed by atoms with Crippen LogP contribution >= 0.6 is 0 Å². The predicted molar refractivity (Wildman–Crippen MR) is 72.0 cm³/mol. The Labute approximate surface area is 106 Å². The smallest absolute Gasteiger partial charge is 0.0771 e. The van der Waals surface area contributed by atoms with Crippen LogP contribution in [0.2, 0.25) is 0 Å². The van der Waals surface area contributed by atoms with E-state index in [2.05, 4.69) is 19.2 Å². The van der Waals surface area contributed by atoms with Gasteiger partial charge in [0, 0.05) is 12.6 Å². The Hall–Kier alpha value is -0.0800. The molecular formula is C15H29NO. The number of nitrogens with one attached hydrogen (secondary N) is 1. The van der Waals surface area contributed by atoms with Gasteiger partial charge < -0.3 is 10.4 Å². The molecule has 0 aromatic rings. The minimum absolute atomic E-state index is 0.409. The summed E-state index contributed by atoms with van der Waals surface area (Å²) in [6, 6.07) is 0.682. The molecule has 0 saturated heterocycles. The van der Waals surface area contributed by atoms with Gasteiger partial charge in [-0.2, -0.15) is 0 Å². The van der Waals surface area contributed by atoms with Crippen molar-refractivity contribution < 1.29 is 5.11 Å². The van der Waals surface area contributed by atoms with Crippen LogP contribution in [0, 0.1) is 11.8 Å². The third kappa shape index (κ3) is 3.69. The molecular weight excluding hydrogens is 210 g/mol. The van der Waals surface area contributed by atoms with Gasteiger partial charge in [-0.3, -0.25) is 0 Å². The summed E-state index contributed by atoms with van der Waals surface area (Å²) in [5.74, 6) is 1.61. The van der Waals surface area contributed by atoms with Crippen molar-refractivity contribution in [3.63, 3.8) is 0 Å². The molecule has 2 nitrogen and oxygen atoms in total. The summed E-state index contributed by atoms with van der Waals surface area (Å²) in [7, 11) is 0. The van der Waals surface area contributed by atoms with Crippen LogP contribution in [0.3, 0.4) is 0 Å². The average molecular weight is 239 g/mol. The van der Waals surface area contributed by atoms with E-state index in [0.29, 0.717) is 6.04 Å². The van der Waals surface area contributed by atoms with Gasteiger partial charge in [-0.1, -0.05) is 26.7 Å². The molecule has 2 saturated carbocycles. The number of rotatable bonds is 4. The van der Waals surface area contributed by atoms with Crippen LogP contribution < -0.4 is 5.32 Å². The summed E-state index contributed by atoms with van der Waals surface area (Å²) >= 11 is 0. The Kier molecular flexibility index (Phi) is 4.48. The van der Waals surface area contributed by atoms with Crippen LogP contribution in [-0.4, -0.2) is 23.3 Å². The Balaban J connectivity index is 1.72. The standard InChI is InChI=1S/C15H29NO/c1-12(2)13-7-9-15(17,10-8-13)11-16-14-5-3-4-6-14/h12-14,16-17H,3-11H2,1-2H3. The fourth-order valence-electron chi connectivity index (χ4n) is 3.49. The second-order valence-corrected chi connectivity index (χ2v) is 6.67. The van der Waals surface area contributed by atoms with Gasteiger partial charge in [0.2, 0.25) is 0 Å². The molecule has 0 radical (unpaired) electrons. The molecule has 2 rings (SSSR count). The number of hydrogen-bond donors (Lipinski definition) is 2. The second-order valence-electron chi connectivity index (χ2n) is 6.67. The SMILES string of the molecule is CC(C)C1CCC(O)(CNC2CCCC2)CC1. The monoisotopic (exact) mass is 239 g/mol. The zero-order valence-corrected chi connectivity index (χ0v) is 11.5. The summed E-state index contributed by atoms with van der Waals surface area (Å²) in [6.45, 7) is 5.44. The van der Waals surface area contributed by atoms with E-state index in [0.717, 1.165) is 31.2 Å². The molecule has 2 fully saturated rings. The largest absolute Gasteiger partial charge is 0.389 e. The van der Waals surface area contributed by atoms with Gasteiger partial charge in [-0.15, -0.1) is 0 Å². The summed E-state index contributed by atoms with van der Waals surface area (Å²) < 4.78 is 0. The first-order valence-corrected chi connectivity index (χ1v) is 7.55. The van der Waals surface area contributed by atoms with Crippen molar-refractivity contribution in [1.29, 1.82) is 0 Å². The van der Waals surface area contributed by atoms with Gasteiger partial charge in [-0.25, -0.2) is 0 Å². The summed E-state index contributed by atoms with van der Waals surface area (Å²) in [5, 5.41) is 14.2. The molecule has 2 aliphatic carbocycles. The second kappa shape index (κ2) is 5.71. The molecule has 0 unspecified atom stereocenters. The predicted octanol–water partition coefficient (Wildman–Crippen LogP) is 3.10. The molecule has 0 bridgehead atoms. The Bertz CT molecular complexity index is 225. The zero-order valence-electron chi connectivity index (χ0n) is 11.5. The lowest BCUT2D eigenvalue weighted by Crippen LogP contribution is -2.46. The van der Waals surface area contributed by atoms with Crippen molar-refractivity contribution in [2.24, 2.45) is 11.8 Å². The molecule has 2 heteroatoms. The van der Waals surface area contributed by atoms with Crippen molar-refractivity contribution >= 4 is 0 Å². The molecule has 0 aromatic heterocycles. The maximum atomic E-state index is 10.6. The van der Waals surface area contributed by atoms with Crippen LogP contribution in [0.4, 0.5) is 0 Å². The minimum Gasteiger partial charge on any atom is -0.389 e. The Morgan fingerprint density at radius 2 is 1.71 bits per heavy atom. The van der Waals surface area contributed by atoms with E-state index in [1.165, 1.54) is 38.5 Å². The van der Waals surface area contributed by atoms with E-state index in [4.69, 9.17) is 0 Å². The van der Waals surface area contributed by atoms with E-state index in [9.17, 15) is 5.11 Å². The zero-order chi connectivity index (χ0) is 12.3. The normalized spacial score (nSPS) is 35.6. The highest BCUT2D eigenvalue weighted by Crippen LogP contribution is 2.35. The number of hydrogen-bond acceptors (Lipinski definition) is 2. The average Bonchev–Trinajstić information content (AvgIpc) is 2.80. The molecule has 0 atom stereocenters. The van der Waals surface area contributed by atoms with E-state index >= 15 is 0 Å². The maximum Gasteiger partial charge on any atom is 0.0771 e. The van der Waals surface area contributed by atoms with E-state index in [-0.39, 0.29) is 0 Å². The fraction of sp³-hybridized carbons (Fsp3) is 1.00. The molecule has 2 N–H and O–H groups in total. The van der Waals surface area contributed by atoms with Gasteiger partial charge in [0.25, 0.3) is 0 Å². The first kappa shape index (κ1) is 13.4. The van der Waals surface area contributed by atoms with E-state index in [1.54, 1.807) is 0 Å². The van der Waals surface area contributed by atoms with Gasteiger partial charge in [0.15, 0.2) is 0 Å². The molecule has 100 valence electrons. The van der Waals surface area contributed by atoms with Gasteiger partial charge in [-0.05, 0) is 50.4 Å². The quantitative estimate of drug-likeness (QED) is 0.790. The van der Waals surface area contributed by atoms with Gasteiger partial charge in [0.05, 0.1) is 5.60 Å². The molecule has 0 aliphatic heterocycles. The third-order valence-corrected chi connectivity index (χ3v) is 4.98. The molecule has 0 aromatic carbocycles. The van der Waals surface area contributed by atoms with Crippen LogP contribution in [0.15, 0.2) is 0 Å². The highest BCUT2D eigenvalue weighted by molar-refractivity contribution is 4.89. The third-order valence-electron chi connectivity index (χ3n) is 4.98. The van der Waals surface area contributed by atoms with Crippen molar-refractivity contribution in [3.05, 3.63) is 0 Å². The molecule has 0 heterocycles. The number of aliphatic hydroxyl groups is 1. The first-order valence-electron chi connectivity index (χ1n) is 7.55. The van der Waals surface area contributed by atoms with Crippen molar-refractivity contribution in [2.45, 2.75) is 76.9 Å². The molecule has 0 spiro atoms. The lowest BCUT2D eigenvalue weighted by Gasteiger charge is -2.38. The summed E-state index contributed by atoms with van der Waals surface area (Å²) in [4.78, 5) is 0. The molecule has 2 aliphatic rings.